The third kappa shape index (κ3) is 9.45. The first kappa shape index (κ1) is 22.2. The molecular formula is C20H43N5. The molecule has 1 rings (SSSR count). The van der Waals surface area contributed by atoms with Crippen LogP contribution < -0.4 is 10.6 Å². The van der Waals surface area contributed by atoms with Gasteiger partial charge in [0.15, 0.2) is 5.96 Å². The van der Waals surface area contributed by atoms with E-state index in [9.17, 15) is 0 Å². The molecule has 0 bridgehead atoms. The zero-order valence-corrected chi connectivity index (χ0v) is 17.5. The summed E-state index contributed by atoms with van der Waals surface area (Å²) in [5.41, 5.74) is 0. The molecule has 1 heterocycles. The number of nitrogens with one attached hydrogen (secondary N) is 2. The highest BCUT2D eigenvalue weighted by atomic mass is 15.2. The first-order valence-corrected chi connectivity index (χ1v) is 10.6. The van der Waals surface area contributed by atoms with Crippen molar-refractivity contribution in [3.63, 3.8) is 0 Å². The van der Waals surface area contributed by atoms with Gasteiger partial charge in [-0.2, -0.15) is 0 Å². The van der Waals surface area contributed by atoms with Crippen molar-refractivity contribution in [3.8, 4) is 0 Å². The van der Waals surface area contributed by atoms with Crippen LogP contribution in [0, 0.1) is 5.92 Å². The van der Waals surface area contributed by atoms with E-state index in [0.717, 1.165) is 32.1 Å². The predicted octanol–water partition coefficient (Wildman–Crippen LogP) is 2.78. The second-order valence-corrected chi connectivity index (χ2v) is 7.34. The van der Waals surface area contributed by atoms with E-state index in [1.54, 1.807) is 0 Å². The maximum Gasteiger partial charge on any atom is 0.191 e. The lowest BCUT2D eigenvalue weighted by Gasteiger charge is -2.31. The minimum atomic E-state index is 0.465. The minimum Gasteiger partial charge on any atom is -0.357 e. The molecule has 5 heteroatoms. The van der Waals surface area contributed by atoms with Gasteiger partial charge in [0.2, 0.25) is 0 Å². The fraction of sp³-hybridized carbons (Fsp3) is 0.950. The first-order chi connectivity index (χ1) is 12.1. The van der Waals surface area contributed by atoms with E-state index in [0.29, 0.717) is 12.0 Å². The van der Waals surface area contributed by atoms with Crippen molar-refractivity contribution in [2.45, 2.75) is 66.3 Å². The number of rotatable bonds is 11. The Hall–Kier alpha value is -0.810. The quantitative estimate of drug-likeness (QED) is 0.443. The van der Waals surface area contributed by atoms with Crippen molar-refractivity contribution in [2.24, 2.45) is 10.9 Å². The second-order valence-electron chi connectivity index (χ2n) is 7.34. The number of guanidine groups is 1. The van der Waals surface area contributed by atoms with Crippen LogP contribution in [0.1, 0.15) is 60.3 Å². The molecule has 1 aliphatic heterocycles. The fourth-order valence-electron chi connectivity index (χ4n) is 3.59. The second kappa shape index (κ2) is 13.4. The van der Waals surface area contributed by atoms with Crippen molar-refractivity contribution in [1.82, 2.24) is 20.4 Å². The molecule has 0 amide bonds. The van der Waals surface area contributed by atoms with Gasteiger partial charge in [0.25, 0.3) is 0 Å². The van der Waals surface area contributed by atoms with Crippen LogP contribution in [0.4, 0.5) is 0 Å². The smallest absolute Gasteiger partial charge is 0.191 e. The summed E-state index contributed by atoms with van der Waals surface area (Å²) in [7, 11) is 0. The molecular weight excluding hydrogens is 310 g/mol. The van der Waals surface area contributed by atoms with Gasteiger partial charge in [0.1, 0.15) is 0 Å². The maximum atomic E-state index is 4.88. The van der Waals surface area contributed by atoms with Gasteiger partial charge in [0, 0.05) is 25.7 Å². The van der Waals surface area contributed by atoms with E-state index in [1.165, 1.54) is 51.9 Å². The van der Waals surface area contributed by atoms with Crippen LogP contribution >= 0.6 is 0 Å². The Morgan fingerprint density at radius 3 is 2.64 bits per heavy atom. The van der Waals surface area contributed by atoms with E-state index >= 15 is 0 Å². The number of piperidine rings is 1. The van der Waals surface area contributed by atoms with E-state index in [2.05, 4.69) is 55.1 Å². The fourth-order valence-corrected chi connectivity index (χ4v) is 3.59. The molecule has 0 aliphatic carbocycles. The Morgan fingerprint density at radius 1 is 1.24 bits per heavy atom. The molecule has 0 spiro atoms. The molecule has 25 heavy (non-hydrogen) atoms. The highest BCUT2D eigenvalue weighted by Gasteiger charge is 2.18. The van der Waals surface area contributed by atoms with Gasteiger partial charge in [-0.05, 0) is 78.2 Å². The van der Waals surface area contributed by atoms with Gasteiger partial charge >= 0.3 is 0 Å². The van der Waals surface area contributed by atoms with Crippen molar-refractivity contribution < 1.29 is 0 Å². The molecule has 1 aliphatic rings. The Kier molecular flexibility index (Phi) is 11.9. The molecule has 0 radical (unpaired) electrons. The summed E-state index contributed by atoms with van der Waals surface area (Å²) in [5.74, 6) is 1.70. The molecule has 0 aromatic carbocycles. The minimum absolute atomic E-state index is 0.465. The van der Waals surface area contributed by atoms with Crippen molar-refractivity contribution >= 4 is 5.96 Å². The largest absolute Gasteiger partial charge is 0.357 e. The highest BCUT2D eigenvalue weighted by Crippen LogP contribution is 2.16. The number of likely N-dealkylation sites (tertiary alicyclic amines) is 1. The Labute approximate surface area is 156 Å². The molecule has 0 saturated carbocycles. The SMILES string of the molecule is CCNC(=NCC1CCCN(CC)C1)NC(C)CCCN(CC)CC. The third-order valence-electron chi connectivity index (χ3n) is 5.29. The summed E-state index contributed by atoms with van der Waals surface area (Å²) in [6, 6.07) is 0.465. The number of hydrogen-bond acceptors (Lipinski definition) is 3. The molecule has 0 aromatic heterocycles. The van der Waals surface area contributed by atoms with Gasteiger partial charge in [-0.25, -0.2) is 0 Å². The lowest BCUT2D eigenvalue weighted by atomic mass is 9.98. The molecule has 5 nitrogen and oxygen atoms in total. The zero-order chi connectivity index (χ0) is 18.5. The van der Waals surface area contributed by atoms with Crippen LogP contribution in [0.2, 0.25) is 0 Å². The van der Waals surface area contributed by atoms with Gasteiger partial charge < -0.3 is 20.4 Å². The van der Waals surface area contributed by atoms with Crippen molar-refractivity contribution in [2.75, 3.05) is 52.4 Å². The molecule has 2 atom stereocenters. The van der Waals surface area contributed by atoms with Gasteiger partial charge in [-0.15, -0.1) is 0 Å². The summed E-state index contributed by atoms with van der Waals surface area (Å²) < 4.78 is 0. The molecule has 148 valence electrons. The van der Waals surface area contributed by atoms with E-state index in [-0.39, 0.29) is 0 Å². The molecule has 2 N–H and O–H groups in total. The van der Waals surface area contributed by atoms with Gasteiger partial charge in [-0.1, -0.05) is 20.8 Å². The normalized spacial score (nSPS) is 20.7. The van der Waals surface area contributed by atoms with E-state index in [4.69, 9.17) is 4.99 Å². The first-order valence-electron chi connectivity index (χ1n) is 10.6. The molecule has 0 aromatic rings. The lowest BCUT2D eigenvalue weighted by Crippen LogP contribution is -2.43. The summed E-state index contributed by atoms with van der Waals surface area (Å²) >= 11 is 0. The highest BCUT2D eigenvalue weighted by molar-refractivity contribution is 5.80. The number of aliphatic imine (C=N–C) groups is 1. The van der Waals surface area contributed by atoms with E-state index in [1.807, 2.05) is 0 Å². The van der Waals surface area contributed by atoms with Crippen LogP contribution in [0.3, 0.4) is 0 Å². The van der Waals surface area contributed by atoms with Gasteiger partial charge in [-0.3, -0.25) is 4.99 Å². The van der Waals surface area contributed by atoms with Crippen LogP contribution in [0.15, 0.2) is 4.99 Å². The zero-order valence-electron chi connectivity index (χ0n) is 17.5. The standard InChI is InChI=1S/C20H43N5/c1-6-21-20(22-16-19-13-11-15-25(9-4)17-19)23-18(5)12-10-14-24(7-2)8-3/h18-19H,6-17H2,1-5H3,(H2,21,22,23). The van der Waals surface area contributed by atoms with Gasteiger partial charge in [0.05, 0.1) is 0 Å². The number of hydrogen-bond donors (Lipinski definition) is 2. The summed E-state index contributed by atoms with van der Waals surface area (Å²) in [6.45, 7) is 20.2. The van der Waals surface area contributed by atoms with E-state index < -0.39 is 0 Å². The van der Waals surface area contributed by atoms with Crippen molar-refractivity contribution in [1.29, 1.82) is 0 Å². The Balaban J connectivity index is 2.38. The lowest BCUT2D eigenvalue weighted by molar-refractivity contribution is 0.186. The average Bonchev–Trinajstić information content (AvgIpc) is 2.63. The third-order valence-corrected chi connectivity index (χ3v) is 5.29. The number of nitrogens with zero attached hydrogens (tertiary/aromatic N) is 3. The maximum absolute atomic E-state index is 4.88. The van der Waals surface area contributed by atoms with Crippen LogP contribution in [0.5, 0.6) is 0 Å². The predicted molar refractivity (Wildman–Crippen MR) is 110 cm³/mol. The van der Waals surface area contributed by atoms with Crippen LogP contribution in [0.25, 0.3) is 0 Å². The average molecular weight is 354 g/mol. The summed E-state index contributed by atoms with van der Waals surface area (Å²) in [5, 5.41) is 7.01. The van der Waals surface area contributed by atoms with Crippen LogP contribution in [-0.2, 0) is 0 Å². The molecule has 1 saturated heterocycles. The van der Waals surface area contributed by atoms with Crippen LogP contribution in [-0.4, -0.2) is 74.2 Å². The topological polar surface area (TPSA) is 42.9 Å². The summed E-state index contributed by atoms with van der Waals surface area (Å²) in [6.07, 6.45) is 5.07. The molecule has 2 unspecified atom stereocenters. The molecule has 1 fully saturated rings. The summed E-state index contributed by atoms with van der Waals surface area (Å²) in [4.78, 5) is 9.93. The Morgan fingerprint density at radius 2 is 2.00 bits per heavy atom. The Bertz CT molecular complexity index is 354. The van der Waals surface area contributed by atoms with Crippen molar-refractivity contribution in [3.05, 3.63) is 0 Å². The monoisotopic (exact) mass is 353 g/mol.